The molecule has 1 unspecified atom stereocenters. The van der Waals surface area contributed by atoms with E-state index in [0.29, 0.717) is 5.02 Å². The average molecular weight is 344 g/mol. The largest absolute Gasteiger partial charge is 0.304 e. The smallest absolute Gasteiger partial charge is 0.0948 e. The van der Waals surface area contributed by atoms with Crippen molar-refractivity contribution in [3.8, 4) is 0 Å². The molecule has 102 valence electrons. The number of nitrogens with zero attached hydrogens (tertiary/aromatic N) is 3. The molecule has 19 heavy (non-hydrogen) atoms. The van der Waals surface area contributed by atoms with Crippen LogP contribution in [0.15, 0.2) is 29.0 Å². The summed E-state index contributed by atoms with van der Waals surface area (Å²) in [6, 6.07) is 3.62. The van der Waals surface area contributed by atoms with Gasteiger partial charge in [0.15, 0.2) is 0 Å². The quantitative estimate of drug-likeness (QED) is 0.904. The van der Waals surface area contributed by atoms with Crippen molar-refractivity contribution in [2.75, 3.05) is 6.54 Å². The summed E-state index contributed by atoms with van der Waals surface area (Å²) in [7, 11) is 0. The maximum atomic E-state index is 6.27. The van der Waals surface area contributed by atoms with E-state index in [1.54, 1.807) is 12.4 Å². The van der Waals surface area contributed by atoms with Gasteiger partial charge in [-0.05, 0) is 41.5 Å². The zero-order valence-corrected chi connectivity index (χ0v) is 13.2. The van der Waals surface area contributed by atoms with E-state index in [1.165, 1.54) is 0 Å². The molecule has 2 aromatic rings. The monoisotopic (exact) mass is 342 g/mol. The third-order valence-corrected chi connectivity index (χ3v) is 3.81. The lowest BCUT2D eigenvalue weighted by atomic mass is 10.1. The van der Waals surface area contributed by atoms with Gasteiger partial charge in [-0.2, -0.15) is 5.10 Å². The lowest BCUT2D eigenvalue weighted by Crippen LogP contribution is -2.26. The van der Waals surface area contributed by atoms with Crippen molar-refractivity contribution >= 4 is 27.5 Å². The van der Waals surface area contributed by atoms with Crippen molar-refractivity contribution in [2.45, 2.75) is 26.4 Å². The number of hydrogen-bond acceptors (Lipinski definition) is 3. The van der Waals surface area contributed by atoms with Crippen molar-refractivity contribution < 1.29 is 0 Å². The van der Waals surface area contributed by atoms with Crippen LogP contribution < -0.4 is 5.32 Å². The summed E-state index contributed by atoms with van der Waals surface area (Å²) < 4.78 is 2.91. The number of rotatable bonds is 5. The van der Waals surface area contributed by atoms with Crippen LogP contribution >= 0.6 is 27.5 Å². The maximum absolute atomic E-state index is 6.27. The van der Waals surface area contributed by atoms with Gasteiger partial charge in [0, 0.05) is 12.7 Å². The standard InChI is InChI=1S/C13H16BrClN4/c1-3-16-12(11-10(15)6-5-7-17-11)13-9(14)8-18-19(13)4-2/h5-8,12,16H,3-4H2,1-2H3. The molecule has 0 aliphatic carbocycles. The van der Waals surface area contributed by atoms with Gasteiger partial charge < -0.3 is 5.32 Å². The SMILES string of the molecule is CCNC(c1ncccc1Cl)c1c(Br)cnn1CC. The Labute approximate surface area is 126 Å². The van der Waals surface area contributed by atoms with E-state index < -0.39 is 0 Å². The first-order chi connectivity index (χ1) is 9.19. The van der Waals surface area contributed by atoms with E-state index in [-0.39, 0.29) is 6.04 Å². The maximum Gasteiger partial charge on any atom is 0.0948 e. The predicted molar refractivity (Wildman–Crippen MR) is 80.4 cm³/mol. The Bertz CT molecular complexity index is 555. The van der Waals surface area contributed by atoms with Gasteiger partial charge in [-0.3, -0.25) is 9.67 Å². The van der Waals surface area contributed by atoms with E-state index >= 15 is 0 Å². The molecule has 0 aromatic carbocycles. The van der Waals surface area contributed by atoms with Crippen LogP contribution in [0.1, 0.15) is 31.3 Å². The second-order valence-electron chi connectivity index (χ2n) is 4.05. The molecular weight excluding hydrogens is 328 g/mol. The average Bonchev–Trinajstić information content (AvgIpc) is 2.78. The number of aryl methyl sites for hydroxylation is 1. The van der Waals surface area contributed by atoms with E-state index in [4.69, 9.17) is 11.6 Å². The second kappa shape index (κ2) is 6.50. The fraction of sp³-hybridized carbons (Fsp3) is 0.385. The third-order valence-electron chi connectivity index (χ3n) is 2.87. The number of nitrogens with one attached hydrogen (secondary N) is 1. The zero-order chi connectivity index (χ0) is 13.8. The van der Waals surface area contributed by atoms with Crippen LogP contribution in [0.5, 0.6) is 0 Å². The van der Waals surface area contributed by atoms with E-state index in [0.717, 1.165) is 29.0 Å². The summed E-state index contributed by atoms with van der Waals surface area (Å²) >= 11 is 9.83. The van der Waals surface area contributed by atoms with Crippen LogP contribution in [0.25, 0.3) is 0 Å². The van der Waals surface area contributed by atoms with Crippen molar-refractivity contribution in [2.24, 2.45) is 0 Å². The predicted octanol–water partition coefficient (Wildman–Crippen LogP) is 3.41. The number of halogens is 2. The van der Waals surface area contributed by atoms with Gasteiger partial charge in [-0.25, -0.2) is 0 Å². The van der Waals surface area contributed by atoms with Crippen molar-refractivity contribution in [3.63, 3.8) is 0 Å². The highest BCUT2D eigenvalue weighted by atomic mass is 79.9. The van der Waals surface area contributed by atoms with Gasteiger partial charge in [0.05, 0.1) is 33.1 Å². The number of aromatic nitrogens is 3. The Balaban J connectivity index is 2.51. The Morgan fingerprint density at radius 3 is 2.89 bits per heavy atom. The van der Waals surface area contributed by atoms with Gasteiger partial charge in [0.2, 0.25) is 0 Å². The highest BCUT2D eigenvalue weighted by Crippen LogP contribution is 2.31. The van der Waals surface area contributed by atoms with Gasteiger partial charge in [-0.15, -0.1) is 0 Å². The molecule has 0 aliphatic heterocycles. The molecule has 2 heterocycles. The van der Waals surface area contributed by atoms with Crippen molar-refractivity contribution in [1.82, 2.24) is 20.1 Å². The van der Waals surface area contributed by atoms with Gasteiger partial charge >= 0.3 is 0 Å². The van der Waals surface area contributed by atoms with Crippen LogP contribution in [0.4, 0.5) is 0 Å². The molecule has 0 saturated heterocycles. The Hall–Kier alpha value is -0.910. The molecule has 0 saturated carbocycles. The highest BCUT2D eigenvalue weighted by molar-refractivity contribution is 9.10. The first-order valence-corrected chi connectivity index (χ1v) is 7.41. The van der Waals surface area contributed by atoms with Gasteiger partial charge in [-0.1, -0.05) is 18.5 Å². The summed E-state index contributed by atoms with van der Waals surface area (Å²) in [6.07, 6.45) is 3.56. The molecule has 1 N–H and O–H groups in total. The summed E-state index contributed by atoms with van der Waals surface area (Å²) in [5.74, 6) is 0. The molecule has 0 aliphatic rings. The van der Waals surface area contributed by atoms with Gasteiger partial charge in [0.1, 0.15) is 0 Å². The van der Waals surface area contributed by atoms with Crippen LogP contribution in [0, 0.1) is 0 Å². The number of hydrogen-bond donors (Lipinski definition) is 1. The minimum absolute atomic E-state index is 0.0736. The third kappa shape index (κ3) is 2.99. The first-order valence-electron chi connectivity index (χ1n) is 6.24. The summed E-state index contributed by atoms with van der Waals surface area (Å²) in [5, 5.41) is 8.43. The Morgan fingerprint density at radius 1 is 1.47 bits per heavy atom. The fourth-order valence-electron chi connectivity index (χ4n) is 2.05. The molecule has 6 heteroatoms. The first kappa shape index (κ1) is 14.5. The lowest BCUT2D eigenvalue weighted by molar-refractivity contribution is 0.533. The summed E-state index contributed by atoms with van der Waals surface area (Å²) in [6.45, 7) is 5.74. The van der Waals surface area contributed by atoms with Crippen LogP contribution in [0.3, 0.4) is 0 Å². The fourth-order valence-corrected chi connectivity index (χ4v) is 2.80. The molecule has 0 radical (unpaired) electrons. The minimum Gasteiger partial charge on any atom is -0.304 e. The Kier molecular flexibility index (Phi) is 4.96. The van der Waals surface area contributed by atoms with E-state index in [9.17, 15) is 0 Å². The second-order valence-corrected chi connectivity index (χ2v) is 5.32. The van der Waals surface area contributed by atoms with Crippen molar-refractivity contribution in [1.29, 1.82) is 0 Å². The lowest BCUT2D eigenvalue weighted by Gasteiger charge is -2.20. The topological polar surface area (TPSA) is 42.7 Å². The molecular formula is C13H16BrClN4. The molecule has 0 amide bonds. The summed E-state index contributed by atoms with van der Waals surface area (Å²) in [4.78, 5) is 4.41. The number of pyridine rings is 1. The van der Waals surface area contributed by atoms with E-state index in [1.807, 2.05) is 16.8 Å². The molecule has 4 nitrogen and oxygen atoms in total. The molecule has 1 atom stereocenters. The molecule has 2 aromatic heterocycles. The molecule has 0 spiro atoms. The van der Waals surface area contributed by atoms with Crippen LogP contribution in [0.2, 0.25) is 5.02 Å². The minimum atomic E-state index is -0.0736. The molecule has 2 rings (SSSR count). The van der Waals surface area contributed by atoms with Crippen LogP contribution in [-0.4, -0.2) is 21.3 Å². The van der Waals surface area contributed by atoms with Crippen molar-refractivity contribution in [3.05, 3.63) is 45.4 Å². The van der Waals surface area contributed by atoms with Crippen LogP contribution in [-0.2, 0) is 6.54 Å². The summed E-state index contributed by atoms with van der Waals surface area (Å²) in [5.41, 5.74) is 1.87. The zero-order valence-electron chi connectivity index (χ0n) is 10.9. The highest BCUT2D eigenvalue weighted by Gasteiger charge is 2.23. The van der Waals surface area contributed by atoms with E-state index in [2.05, 4.69) is 45.2 Å². The molecule has 0 fully saturated rings. The Morgan fingerprint density at radius 2 is 2.26 bits per heavy atom. The van der Waals surface area contributed by atoms with Gasteiger partial charge in [0.25, 0.3) is 0 Å². The normalized spacial score (nSPS) is 12.6. The molecule has 0 bridgehead atoms.